The van der Waals surface area contributed by atoms with Crippen molar-refractivity contribution in [3.63, 3.8) is 0 Å². The molecule has 1 N–H and O–H groups in total. The Morgan fingerprint density at radius 2 is 1.72 bits per heavy atom. The molecule has 2 aromatic carbocycles. The predicted octanol–water partition coefficient (Wildman–Crippen LogP) is 2.54. The van der Waals surface area contributed by atoms with Crippen molar-refractivity contribution in [3.8, 4) is 11.5 Å². The Kier molecular flexibility index (Phi) is 7.69. The lowest BCUT2D eigenvalue weighted by molar-refractivity contribution is -0.123. The molecule has 6 nitrogen and oxygen atoms in total. The highest BCUT2D eigenvalue weighted by Gasteiger charge is 2.17. The van der Waals surface area contributed by atoms with Crippen LogP contribution in [0.1, 0.15) is 6.42 Å². The van der Waals surface area contributed by atoms with Crippen molar-refractivity contribution in [2.24, 2.45) is 0 Å². The molecule has 0 aliphatic carbocycles. The van der Waals surface area contributed by atoms with Crippen LogP contribution in [-0.2, 0) is 4.79 Å². The van der Waals surface area contributed by atoms with Gasteiger partial charge in [0, 0.05) is 38.4 Å². The predicted molar refractivity (Wildman–Crippen MR) is 111 cm³/mol. The van der Waals surface area contributed by atoms with Gasteiger partial charge >= 0.3 is 0 Å². The number of carbonyl (C=O) groups is 1. The van der Waals surface area contributed by atoms with Crippen molar-refractivity contribution in [3.05, 3.63) is 54.3 Å². The second kappa shape index (κ2) is 10.7. The van der Waals surface area contributed by atoms with Crippen LogP contribution in [0, 0.1) is 5.82 Å². The number of halogens is 1. The highest BCUT2D eigenvalue weighted by molar-refractivity contribution is 5.77. The summed E-state index contributed by atoms with van der Waals surface area (Å²) in [4.78, 5) is 16.6. The fraction of sp³-hybridized carbons (Fsp3) is 0.409. The number of hydrogen-bond acceptors (Lipinski definition) is 5. The molecular formula is C22H28FN3O3. The van der Waals surface area contributed by atoms with Crippen molar-refractivity contribution in [2.45, 2.75) is 6.42 Å². The first-order valence-corrected chi connectivity index (χ1v) is 9.91. The van der Waals surface area contributed by atoms with Crippen LogP contribution in [0.2, 0.25) is 0 Å². The number of para-hydroxylation sites is 2. The fourth-order valence-electron chi connectivity index (χ4n) is 3.34. The van der Waals surface area contributed by atoms with E-state index < -0.39 is 0 Å². The average molecular weight is 401 g/mol. The number of anilines is 1. The number of carbonyl (C=O) groups excluding carboxylic acids is 1. The van der Waals surface area contributed by atoms with Gasteiger partial charge in [0.15, 0.2) is 18.1 Å². The summed E-state index contributed by atoms with van der Waals surface area (Å²) < 4.78 is 23.8. The second-order valence-corrected chi connectivity index (χ2v) is 6.95. The molecule has 0 unspecified atom stereocenters. The van der Waals surface area contributed by atoms with Gasteiger partial charge in [0.1, 0.15) is 5.82 Å². The van der Waals surface area contributed by atoms with E-state index in [2.05, 4.69) is 15.1 Å². The third-order valence-electron chi connectivity index (χ3n) is 4.97. The van der Waals surface area contributed by atoms with E-state index in [1.807, 2.05) is 24.3 Å². The first-order chi connectivity index (χ1) is 14.2. The van der Waals surface area contributed by atoms with Crippen molar-refractivity contribution >= 4 is 11.6 Å². The number of methoxy groups -OCH3 is 1. The molecule has 0 atom stereocenters. The zero-order chi connectivity index (χ0) is 20.5. The van der Waals surface area contributed by atoms with Crippen molar-refractivity contribution < 1.29 is 18.7 Å². The monoisotopic (exact) mass is 401 g/mol. The maximum atomic E-state index is 13.0. The van der Waals surface area contributed by atoms with Crippen LogP contribution in [-0.4, -0.2) is 63.8 Å². The number of hydrogen-bond donors (Lipinski definition) is 1. The van der Waals surface area contributed by atoms with Gasteiger partial charge in [-0.2, -0.15) is 0 Å². The van der Waals surface area contributed by atoms with E-state index in [-0.39, 0.29) is 18.3 Å². The minimum absolute atomic E-state index is 0.0310. The lowest BCUT2D eigenvalue weighted by Crippen LogP contribution is -2.47. The van der Waals surface area contributed by atoms with E-state index in [0.29, 0.717) is 18.0 Å². The Balaban J connectivity index is 1.29. The molecule has 29 heavy (non-hydrogen) atoms. The molecule has 3 rings (SSSR count). The van der Waals surface area contributed by atoms with Gasteiger partial charge in [-0.05, 0) is 49.4 Å². The van der Waals surface area contributed by atoms with Gasteiger partial charge < -0.3 is 19.7 Å². The van der Waals surface area contributed by atoms with E-state index in [0.717, 1.165) is 44.8 Å². The highest BCUT2D eigenvalue weighted by Crippen LogP contribution is 2.25. The van der Waals surface area contributed by atoms with Gasteiger partial charge in [-0.3, -0.25) is 9.69 Å². The molecule has 1 aliphatic heterocycles. The Bertz CT molecular complexity index is 777. The van der Waals surface area contributed by atoms with Crippen molar-refractivity contribution in [2.75, 3.05) is 57.9 Å². The Hall–Kier alpha value is -2.80. The quantitative estimate of drug-likeness (QED) is 0.655. The molecule has 7 heteroatoms. The van der Waals surface area contributed by atoms with Crippen LogP contribution < -0.4 is 19.7 Å². The van der Waals surface area contributed by atoms with Crippen LogP contribution in [0.5, 0.6) is 11.5 Å². The van der Waals surface area contributed by atoms with Gasteiger partial charge in [-0.1, -0.05) is 12.1 Å². The van der Waals surface area contributed by atoms with E-state index >= 15 is 0 Å². The molecular weight excluding hydrogens is 373 g/mol. The summed E-state index contributed by atoms with van der Waals surface area (Å²) >= 11 is 0. The zero-order valence-electron chi connectivity index (χ0n) is 16.8. The molecule has 0 spiro atoms. The maximum absolute atomic E-state index is 13.0. The molecule has 2 aromatic rings. The number of amides is 1. The smallest absolute Gasteiger partial charge is 0.257 e. The van der Waals surface area contributed by atoms with Crippen molar-refractivity contribution in [1.82, 2.24) is 10.2 Å². The summed E-state index contributed by atoms with van der Waals surface area (Å²) in [6.45, 7) is 5.29. The molecule has 1 saturated heterocycles. The van der Waals surface area contributed by atoms with E-state index in [9.17, 15) is 9.18 Å². The number of rotatable bonds is 9. The molecule has 0 aromatic heterocycles. The summed E-state index contributed by atoms with van der Waals surface area (Å²) in [6, 6.07) is 13.9. The van der Waals surface area contributed by atoms with Crippen LogP contribution >= 0.6 is 0 Å². The fourth-order valence-corrected chi connectivity index (χ4v) is 3.34. The Morgan fingerprint density at radius 1 is 1.03 bits per heavy atom. The Morgan fingerprint density at radius 3 is 2.41 bits per heavy atom. The second-order valence-electron chi connectivity index (χ2n) is 6.95. The number of piperazine rings is 1. The van der Waals surface area contributed by atoms with Crippen LogP contribution in [0.25, 0.3) is 0 Å². The van der Waals surface area contributed by atoms with E-state index in [4.69, 9.17) is 9.47 Å². The summed E-state index contributed by atoms with van der Waals surface area (Å²) in [7, 11) is 1.57. The normalized spacial score (nSPS) is 14.5. The summed E-state index contributed by atoms with van der Waals surface area (Å²) in [5.41, 5.74) is 1.06. The number of benzene rings is 2. The molecule has 1 amide bonds. The standard InChI is InChI=1S/C22H28FN3O3/c1-28-20-5-2-3-6-21(20)29-17-22(27)24-11-4-12-25-13-15-26(16-14-25)19-9-7-18(23)8-10-19/h2-3,5-10H,4,11-17H2,1H3,(H,24,27). The topological polar surface area (TPSA) is 54.0 Å². The number of nitrogens with one attached hydrogen (secondary N) is 1. The Labute approximate surface area is 171 Å². The molecule has 0 radical (unpaired) electrons. The van der Waals surface area contributed by atoms with Crippen LogP contribution in [0.4, 0.5) is 10.1 Å². The molecule has 0 bridgehead atoms. The van der Waals surface area contributed by atoms with Gasteiger partial charge in [0.2, 0.25) is 0 Å². The van der Waals surface area contributed by atoms with Gasteiger partial charge in [-0.15, -0.1) is 0 Å². The first kappa shape index (κ1) is 20.9. The van der Waals surface area contributed by atoms with E-state index in [1.165, 1.54) is 12.1 Å². The molecule has 1 heterocycles. The van der Waals surface area contributed by atoms with Crippen molar-refractivity contribution in [1.29, 1.82) is 0 Å². The minimum Gasteiger partial charge on any atom is -0.493 e. The SMILES string of the molecule is COc1ccccc1OCC(=O)NCCCN1CCN(c2ccc(F)cc2)CC1. The van der Waals surface area contributed by atoms with Gasteiger partial charge in [0.25, 0.3) is 5.91 Å². The molecule has 1 aliphatic rings. The van der Waals surface area contributed by atoms with Crippen LogP contribution in [0.3, 0.4) is 0 Å². The largest absolute Gasteiger partial charge is 0.493 e. The molecule has 1 fully saturated rings. The molecule has 156 valence electrons. The lowest BCUT2D eigenvalue weighted by atomic mass is 10.2. The third kappa shape index (κ3) is 6.35. The maximum Gasteiger partial charge on any atom is 0.257 e. The minimum atomic E-state index is -0.206. The van der Waals surface area contributed by atoms with E-state index in [1.54, 1.807) is 19.2 Å². The lowest BCUT2D eigenvalue weighted by Gasteiger charge is -2.36. The average Bonchev–Trinajstić information content (AvgIpc) is 2.76. The van der Waals surface area contributed by atoms with Gasteiger partial charge in [0.05, 0.1) is 7.11 Å². The van der Waals surface area contributed by atoms with Gasteiger partial charge in [-0.25, -0.2) is 4.39 Å². The summed E-state index contributed by atoms with van der Waals surface area (Å²) in [5, 5.41) is 2.89. The number of nitrogens with zero attached hydrogens (tertiary/aromatic N) is 2. The van der Waals surface area contributed by atoms with Crippen LogP contribution in [0.15, 0.2) is 48.5 Å². The highest BCUT2D eigenvalue weighted by atomic mass is 19.1. The number of ether oxygens (including phenoxy) is 2. The summed E-state index contributed by atoms with van der Waals surface area (Å²) in [6.07, 6.45) is 0.886. The molecule has 0 saturated carbocycles. The third-order valence-corrected chi connectivity index (χ3v) is 4.97. The zero-order valence-corrected chi connectivity index (χ0v) is 16.8. The summed E-state index contributed by atoms with van der Waals surface area (Å²) in [5.74, 6) is 0.823. The first-order valence-electron chi connectivity index (χ1n) is 9.91.